The van der Waals surface area contributed by atoms with Crippen molar-refractivity contribution < 1.29 is 13.2 Å². The molecule has 0 bridgehead atoms. The van der Waals surface area contributed by atoms with Crippen LogP contribution in [0.1, 0.15) is 18.9 Å². The number of benzene rings is 1. The van der Waals surface area contributed by atoms with E-state index in [-0.39, 0.29) is 23.4 Å². The summed E-state index contributed by atoms with van der Waals surface area (Å²) in [5, 5.41) is 4.14. The van der Waals surface area contributed by atoms with Crippen LogP contribution in [0.15, 0.2) is 46.3 Å². The summed E-state index contributed by atoms with van der Waals surface area (Å²) < 4.78 is 28.9. The number of aromatic nitrogens is 3. The first-order valence-electron chi connectivity index (χ1n) is 8.22. The quantitative estimate of drug-likeness (QED) is 0.701. The SMILES string of the molecule is CN(CC(=O)N1CCC(n2cncn2)CC1)S(=O)(=O)c1ccc(Br)cc1. The number of rotatable bonds is 5. The zero-order valence-corrected chi connectivity index (χ0v) is 16.7. The molecule has 0 N–H and O–H groups in total. The summed E-state index contributed by atoms with van der Waals surface area (Å²) >= 11 is 3.28. The molecule has 1 amide bonds. The average Bonchev–Trinajstić information content (AvgIpc) is 3.17. The first-order valence-corrected chi connectivity index (χ1v) is 10.4. The summed E-state index contributed by atoms with van der Waals surface area (Å²) in [5.74, 6) is -0.190. The minimum atomic E-state index is -3.69. The number of hydrogen-bond donors (Lipinski definition) is 0. The lowest BCUT2D eigenvalue weighted by Gasteiger charge is -2.32. The van der Waals surface area contributed by atoms with Gasteiger partial charge in [0.05, 0.1) is 17.5 Å². The normalized spacial score (nSPS) is 16.2. The van der Waals surface area contributed by atoms with Crippen LogP contribution < -0.4 is 0 Å². The number of nitrogens with zero attached hydrogens (tertiary/aromatic N) is 5. The van der Waals surface area contributed by atoms with Crippen molar-refractivity contribution in [2.24, 2.45) is 0 Å². The summed E-state index contributed by atoms with van der Waals surface area (Å²) in [6, 6.07) is 6.59. The van der Waals surface area contributed by atoms with Gasteiger partial charge in [0.1, 0.15) is 12.7 Å². The van der Waals surface area contributed by atoms with E-state index in [9.17, 15) is 13.2 Å². The second-order valence-corrected chi connectivity index (χ2v) is 9.16. The number of likely N-dealkylation sites (tertiary alicyclic amines) is 1. The molecular weight excluding hydrogens is 422 g/mol. The van der Waals surface area contributed by atoms with Gasteiger partial charge in [-0.2, -0.15) is 9.40 Å². The highest BCUT2D eigenvalue weighted by atomic mass is 79.9. The van der Waals surface area contributed by atoms with Gasteiger partial charge in [-0.3, -0.25) is 4.79 Å². The summed E-state index contributed by atoms with van der Waals surface area (Å²) in [5.41, 5.74) is 0. The first-order chi connectivity index (χ1) is 12.4. The lowest BCUT2D eigenvalue weighted by atomic mass is 10.1. The molecule has 0 atom stereocenters. The van der Waals surface area contributed by atoms with Crippen molar-refractivity contribution in [2.75, 3.05) is 26.7 Å². The largest absolute Gasteiger partial charge is 0.341 e. The van der Waals surface area contributed by atoms with Gasteiger partial charge in [-0.15, -0.1) is 0 Å². The van der Waals surface area contributed by atoms with Crippen LogP contribution in [0.25, 0.3) is 0 Å². The number of amides is 1. The standard InChI is InChI=1S/C16H20BrN5O3S/c1-20(26(24,25)15-4-2-13(17)3-5-15)10-16(23)21-8-6-14(7-9-21)22-12-18-11-19-22/h2-5,11-12,14H,6-10H2,1H3. The zero-order chi connectivity index (χ0) is 18.7. The molecule has 1 aromatic carbocycles. The van der Waals surface area contributed by atoms with E-state index in [0.717, 1.165) is 21.6 Å². The molecule has 3 rings (SSSR count). The van der Waals surface area contributed by atoms with Crippen LogP contribution in [-0.2, 0) is 14.8 Å². The van der Waals surface area contributed by atoms with E-state index in [1.165, 1.54) is 25.5 Å². The molecule has 1 fully saturated rings. The van der Waals surface area contributed by atoms with E-state index in [1.807, 2.05) is 4.68 Å². The lowest BCUT2D eigenvalue weighted by molar-refractivity contribution is -0.132. The van der Waals surface area contributed by atoms with Crippen molar-refractivity contribution in [1.82, 2.24) is 24.0 Å². The third-order valence-electron chi connectivity index (χ3n) is 4.51. The molecule has 1 aromatic heterocycles. The van der Waals surface area contributed by atoms with Crippen molar-refractivity contribution in [1.29, 1.82) is 0 Å². The average molecular weight is 442 g/mol. The van der Waals surface area contributed by atoms with E-state index >= 15 is 0 Å². The third kappa shape index (κ3) is 4.13. The van der Waals surface area contributed by atoms with Gasteiger partial charge in [0.25, 0.3) is 0 Å². The van der Waals surface area contributed by atoms with Crippen molar-refractivity contribution in [3.05, 3.63) is 41.4 Å². The molecule has 1 saturated heterocycles. The number of hydrogen-bond acceptors (Lipinski definition) is 5. The molecule has 2 aromatic rings. The van der Waals surface area contributed by atoms with Gasteiger partial charge in [-0.1, -0.05) is 15.9 Å². The summed E-state index contributed by atoms with van der Waals surface area (Å²) in [7, 11) is -2.27. The van der Waals surface area contributed by atoms with Gasteiger partial charge < -0.3 is 4.90 Å². The Balaban J connectivity index is 1.58. The highest BCUT2D eigenvalue weighted by Gasteiger charge is 2.28. The number of carbonyl (C=O) groups is 1. The Bertz CT molecular complexity index is 847. The maximum atomic E-state index is 12.6. The van der Waals surface area contributed by atoms with Crippen LogP contribution in [-0.4, -0.2) is 65.0 Å². The third-order valence-corrected chi connectivity index (χ3v) is 6.85. The fourth-order valence-corrected chi connectivity index (χ4v) is 4.33. The van der Waals surface area contributed by atoms with Gasteiger partial charge in [0, 0.05) is 24.6 Å². The summed E-state index contributed by atoms with van der Waals surface area (Å²) in [6.07, 6.45) is 4.73. The predicted octanol–water partition coefficient (Wildman–Crippen LogP) is 1.52. The number of sulfonamides is 1. The van der Waals surface area contributed by atoms with E-state index < -0.39 is 10.0 Å². The second kappa shape index (κ2) is 7.85. The second-order valence-electron chi connectivity index (χ2n) is 6.20. The monoisotopic (exact) mass is 441 g/mol. The predicted molar refractivity (Wildman–Crippen MR) is 98.8 cm³/mol. The molecule has 0 spiro atoms. The number of halogens is 1. The van der Waals surface area contributed by atoms with E-state index in [1.54, 1.807) is 23.4 Å². The Labute approximate surface area is 161 Å². The number of carbonyl (C=O) groups excluding carboxylic acids is 1. The molecule has 8 nitrogen and oxygen atoms in total. The highest BCUT2D eigenvalue weighted by molar-refractivity contribution is 9.10. The molecule has 140 valence electrons. The molecule has 2 heterocycles. The van der Waals surface area contributed by atoms with E-state index in [2.05, 4.69) is 26.0 Å². The molecule has 0 aliphatic carbocycles. The zero-order valence-electron chi connectivity index (χ0n) is 14.3. The number of likely N-dealkylation sites (N-methyl/N-ethyl adjacent to an activating group) is 1. The van der Waals surface area contributed by atoms with Crippen LogP contribution in [0.4, 0.5) is 0 Å². The molecule has 1 aliphatic rings. The number of piperidine rings is 1. The van der Waals surface area contributed by atoms with E-state index in [0.29, 0.717) is 13.1 Å². The van der Waals surface area contributed by atoms with Crippen molar-refractivity contribution in [2.45, 2.75) is 23.8 Å². The van der Waals surface area contributed by atoms with Crippen LogP contribution in [0, 0.1) is 0 Å². The van der Waals surface area contributed by atoms with Crippen molar-refractivity contribution >= 4 is 31.9 Å². The molecule has 0 radical (unpaired) electrons. The van der Waals surface area contributed by atoms with Gasteiger partial charge in [0.2, 0.25) is 15.9 Å². The minimum Gasteiger partial charge on any atom is -0.341 e. The van der Waals surface area contributed by atoms with Gasteiger partial charge >= 0.3 is 0 Å². The first kappa shape index (κ1) is 19.0. The fraction of sp³-hybridized carbons (Fsp3) is 0.438. The Morgan fingerprint density at radius 2 is 1.92 bits per heavy atom. The van der Waals surface area contributed by atoms with Crippen LogP contribution >= 0.6 is 15.9 Å². The molecule has 0 unspecified atom stereocenters. The minimum absolute atomic E-state index is 0.167. The van der Waals surface area contributed by atoms with Gasteiger partial charge in [-0.05, 0) is 37.1 Å². The van der Waals surface area contributed by atoms with Crippen molar-refractivity contribution in [3.63, 3.8) is 0 Å². The van der Waals surface area contributed by atoms with Crippen LogP contribution in [0.3, 0.4) is 0 Å². The fourth-order valence-electron chi connectivity index (χ4n) is 2.95. The molecule has 26 heavy (non-hydrogen) atoms. The lowest BCUT2D eigenvalue weighted by Crippen LogP contribution is -2.44. The highest BCUT2D eigenvalue weighted by Crippen LogP contribution is 2.22. The maximum Gasteiger partial charge on any atom is 0.243 e. The van der Waals surface area contributed by atoms with Gasteiger partial charge in [0.15, 0.2) is 0 Å². The maximum absolute atomic E-state index is 12.6. The van der Waals surface area contributed by atoms with E-state index in [4.69, 9.17) is 0 Å². The molecule has 1 aliphatic heterocycles. The molecule has 10 heteroatoms. The summed E-state index contributed by atoms with van der Waals surface area (Å²) in [4.78, 5) is 18.3. The van der Waals surface area contributed by atoms with Crippen LogP contribution in [0.2, 0.25) is 0 Å². The molecule has 0 saturated carbocycles. The topological polar surface area (TPSA) is 88.4 Å². The Hall–Kier alpha value is -1.78. The summed E-state index contributed by atoms with van der Waals surface area (Å²) in [6.45, 7) is 0.984. The van der Waals surface area contributed by atoms with Gasteiger partial charge in [-0.25, -0.2) is 18.1 Å². The van der Waals surface area contributed by atoms with Crippen molar-refractivity contribution in [3.8, 4) is 0 Å². The van der Waals surface area contributed by atoms with Crippen LogP contribution in [0.5, 0.6) is 0 Å². The molecular formula is C16H20BrN5O3S. The Morgan fingerprint density at radius 3 is 2.50 bits per heavy atom. The Morgan fingerprint density at radius 1 is 1.27 bits per heavy atom. The Kier molecular flexibility index (Phi) is 5.73. The smallest absolute Gasteiger partial charge is 0.243 e.